The summed E-state index contributed by atoms with van der Waals surface area (Å²) in [4.78, 5) is 0. The molecule has 2 rings (SSSR count). The minimum atomic E-state index is -4.32. The molecule has 0 fully saturated rings. The van der Waals surface area contributed by atoms with E-state index in [1.807, 2.05) is 32.1 Å². The van der Waals surface area contributed by atoms with Gasteiger partial charge in [-0.2, -0.15) is 13.2 Å². The highest BCUT2D eigenvalue weighted by Crippen LogP contribution is 2.32. The molecule has 0 atom stereocenters. The highest BCUT2D eigenvalue weighted by molar-refractivity contribution is 5.78. The summed E-state index contributed by atoms with van der Waals surface area (Å²) in [6.07, 6.45) is -2.36. The van der Waals surface area contributed by atoms with Crippen molar-refractivity contribution in [1.82, 2.24) is 0 Å². The van der Waals surface area contributed by atoms with Gasteiger partial charge in [0, 0.05) is 5.69 Å². The first-order chi connectivity index (χ1) is 9.77. The predicted molar refractivity (Wildman–Crippen MR) is 80.6 cm³/mol. The molecule has 4 heteroatoms. The number of alkyl halides is 3. The monoisotopic (exact) mass is 291 g/mol. The molecular weight excluding hydrogens is 275 g/mol. The standard InChI is InChI=1S/C17H16F3N/c1-11(2)9-13-10-15(21)7-8-16(13)12-3-5-14(6-4-12)17(18,19)20/h3-10H,21H2,1-2H3. The van der Waals surface area contributed by atoms with Gasteiger partial charge in [-0.05, 0) is 54.8 Å². The second-order valence-electron chi connectivity index (χ2n) is 5.14. The Kier molecular flexibility index (Phi) is 4.07. The Bertz CT molecular complexity index is 663. The Morgan fingerprint density at radius 1 is 1.00 bits per heavy atom. The third kappa shape index (κ3) is 3.66. The van der Waals surface area contributed by atoms with Gasteiger partial charge >= 0.3 is 6.18 Å². The van der Waals surface area contributed by atoms with E-state index in [1.54, 1.807) is 6.07 Å². The minimum absolute atomic E-state index is 0.623. The van der Waals surface area contributed by atoms with Gasteiger partial charge in [0.2, 0.25) is 0 Å². The summed E-state index contributed by atoms with van der Waals surface area (Å²) < 4.78 is 37.8. The Labute approximate surface area is 121 Å². The molecule has 0 spiro atoms. The van der Waals surface area contributed by atoms with Crippen LogP contribution in [-0.2, 0) is 6.18 Å². The van der Waals surface area contributed by atoms with Gasteiger partial charge in [-0.3, -0.25) is 0 Å². The summed E-state index contributed by atoms with van der Waals surface area (Å²) in [5.41, 5.74) is 9.34. The summed E-state index contributed by atoms with van der Waals surface area (Å²) >= 11 is 0. The number of nitrogen functional groups attached to an aromatic ring is 1. The number of anilines is 1. The summed E-state index contributed by atoms with van der Waals surface area (Å²) in [5, 5.41) is 0. The molecule has 2 aromatic carbocycles. The van der Waals surface area contributed by atoms with Crippen molar-refractivity contribution in [2.45, 2.75) is 20.0 Å². The molecule has 0 aliphatic heterocycles. The Hall–Kier alpha value is -2.23. The number of allylic oxidation sites excluding steroid dienone is 1. The smallest absolute Gasteiger partial charge is 0.399 e. The normalized spacial score (nSPS) is 11.3. The highest BCUT2D eigenvalue weighted by atomic mass is 19.4. The largest absolute Gasteiger partial charge is 0.416 e. The second-order valence-corrected chi connectivity index (χ2v) is 5.14. The van der Waals surface area contributed by atoms with Gasteiger partial charge in [-0.25, -0.2) is 0 Å². The molecule has 0 radical (unpaired) electrons. The predicted octanol–water partition coefficient (Wildman–Crippen LogP) is 5.38. The van der Waals surface area contributed by atoms with Crippen molar-refractivity contribution >= 4 is 11.8 Å². The minimum Gasteiger partial charge on any atom is -0.399 e. The molecule has 0 aromatic heterocycles. The lowest BCUT2D eigenvalue weighted by Crippen LogP contribution is -2.04. The molecular formula is C17H16F3N. The van der Waals surface area contributed by atoms with E-state index in [-0.39, 0.29) is 0 Å². The van der Waals surface area contributed by atoms with Crippen molar-refractivity contribution in [3.05, 3.63) is 59.2 Å². The molecule has 0 bridgehead atoms. The molecule has 0 aliphatic rings. The summed E-state index contributed by atoms with van der Waals surface area (Å²) in [6.45, 7) is 3.92. The molecule has 2 aromatic rings. The number of halogens is 3. The van der Waals surface area contributed by atoms with Crippen LogP contribution in [0.25, 0.3) is 17.2 Å². The number of hydrogen-bond donors (Lipinski definition) is 1. The van der Waals surface area contributed by atoms with Crippen molar-refractivity contribution in [3.63, 3.8) is 0 Å². The Balaban J connectivity index is 2.49. The van der Waals surface area contributed by atoms with Crippen LogP contribution in [-0.4, -0.2) is 0 Å². The SMILES string of the molecule is CC(C)=Cc1cc(N)ccc1-c1ccc(C(F)(F)F)cc1. The molecule has 0 saturated carbocycles. The average molecular weight is 291 g/mol. The van der Waals surface area contributed by atoms with Crippen molar-refractivity contribution in [2.24, 2.45) is 0 Å². The van der Waals surface area contributed by atoms with Crippen LogP contribution in [0.3, 0.4) is 0 Å². The first-order valence-corrected chi connectivity index (χ1v) is 6.49. The van der Waals surface area contributed by atoms with Crippen LogP contribution in [0.15, 0.2) is 48.0 Å². The lowest BCUT2D eigenvalue weighted by atomic mass is 9.97. The molecule has 0 amide bonds. The van der Waals surface area contributed by atoms with E-state index in [0.717, 1.165) is 34.4 Å². The summed E-state index contributed by atoms with van der Waals surface area (Å²) in [7, 11) is 0. The summed E-state index contributed by atoms with van der Waals surface area (Å²) in [5.74, 6) is 0. The zero-order chi connectivity index (χ0) is 15.6. The van der Waals surface area contributed by atoms with E-state index in [0.29, 0.717) is 5.69 Å². The quantitative estimate of drug-likeness (QED) is 0.739. The zero-order valence-electron chi connectivity index (χ0n) is 11.8. The topological polar surface area (TPSA) is 26.0 Å². The Morgan fingerprint density at radius 3 is 2.14 bits per heavy atom. The van der Waals surface area contributed by atoms with Gasteiger partial charge < -0.3 is 5.73 Å². The molecule has 21 heavy (non-hydrogen) atoms. The first kappa shape index (κ1) is 15.2. The van der Waals surface area contributed by atoms with Crippen LogP contribution in [0.5, 0.6) is 0 Å². The van der Waals surface area contributed by atoms with E-state index in [4.69, 9.17) is 5.73 Å². The third-order valence-electron chi connectivity index (χ3n) is 3.04. The zero-order valence-corrected chi connectivity index (χ0v) is 11.8. The van der Waals surface area contributed by atoms with Crippen LogP contribution in [0.2, 0.25) is 0 Å². The highest BCUT2D eigenvalue weighted by Gasteiger charge is 2.29. The number of hydrogen-bond acceptors (Lipinski definition) is 1. The fourth-order valence-corrected chi connectivity index (χ4v) is 2.11. The van der Waals surface area contributed by atoms with Gasteiger partial charge in [0.25, 0.3) is 0 Å². The molecule has 0 unspecified atom stereocenters. The van der Waals surface area contributed by atoms with E-state index in [9.17, 15) is 13.2 Å². The Morgan fingerprint density at radius 2 is 1.62 bits per heavy atom. The fraction of sp³-hybridized carbons (Fsp3) is 0.176. The van der Waals surface area contributed by atoms with Crippen LogP contribution in [0, 0.1) is 0 Å². The molecule has 110 valence electrons. The van der Waals surface area contributed by atoms with E-state index in [2.05, 4.69) is 0 Å². The number of benzene rings is 2. The maximum absolute atomic E-state index is 12.6. The lowest BCUT2D eigenvalue weighted by molar-refractivity contribution is -0.137. The van der Waals surface area contributed by atoms with Gasteiger partial charge in [-0.15, -0.1) is 0 Å². The van der Waals surface area contributed by atoms with Crippen LogP contribution in [0.1, 0.15) is 25.0 Å². The lowest BCUT2D eigenvalue weighted by Gasteiger charge is -2.11. The molecule has 0 saturated heterocycles. The van der Waals surface area contributed by atoms with Crippen LogP contribution < -0.4 is 5.73 Å². The number of nitrogens with two attached hydrogens (primary N) is 1. The van der Waals surface area contributed by atoms with Gasteiger partial charge in [0.05, 0.1) is 5.56 Å². The van der Waals surface area contributed by atoms with Crippen molar-refractivity contribution in [2.75, 3.05) is 5.73 Å². The average Bonchev–Trinajstić information content (AvgIpc) is 2.37. The summed E-state index contributed by atoms with van der Waals surface area (Å²) in [6, 6.07) is 10.5. The van der Waals surface area contributed by atoms with E-state index >= 15 is 0 Å². The molecule has 0 heterocycles. The second kappa shape index (κ2) is 5.64. The van der Waals surface area contributed by atoms with Crippen molar-refractivity contribution in [1.29, 1.82) is 0 Å². The molecule has 2 N–H and O–H groups in total. The van der Waals surface area contributed by atoms with Crippen molar-refractivity contribution in [3.8, 4) is 11.1 Å². The van der Waals surface area contributed by atoms with Gasteiger partial charge in [0.1, 0.15) is 0 Å². The van der Waals surface area contributed by atoms with Crippen molar-refractivity contribution < 1.29 is 13.2 Å². The maximum Gasteiger partial charge on any atom is 0.416 e. The molecule has 0 aliphatic carbocycles. The third-order valence-corrected chi connectivity index (χ3v) is 3.04. The van der Waals surface area contributed by atoms with Gasteiger partial charge in [-0.1, -0.05) is 29.8 Å². The maximum atomic E-state index is 12.6. The van der Waals surface area contributed by atoms with Crippen LogP contribution >= 0.6 is 0 Å². The number of rotatable bonds is 2. The van der Waals surface area contributed by atoms with E-state index < -0.39 is 11.7 Å². The van der Waals surface area contributed by atoms with E-state index in [1.165, 1.54) is 12.1 Å². The van der Waals surface area contributed by atoms with Crippen LogP contribution in [0.4, 0.5) is 18.9 Å². The fourth-order valence-electron chi connectivity index (χ4n) is 2.11. The molecule has 1 nitrogen and oxygen atoms in total. The van der Waals surface area contributed by atoms with Gasteiger partial charge in [0.15, 0.2) is 0 Å². The first-order valence-electron chi connectivity index (χ1n) is 6.49.